The molecule has 0 amide bonds. The topological polar surface area (TPSA) is 44.5 Å². The van der Waals surface area contributed by atoms with Crippen LogP contribution in [0.25, 0.3) is 0 Å². The highest BCUT2D eigenvalue weighted by molar-refractivity contribution is 5.35. The van der Waals surface area contributed by atoms with Gasteiger partial charge in [-0.2, -0.15) is 0 Å². The maximum atomic E-state index is 6.12. The fraction of sp³-hybridized carbons (Fsp3) is 0.600. The van der Waals surface area contributed by atoms with Crippen molar-refractivity contribution in [2.24, 2.45) is 5.73 Å². The minimum Gasteiger partial charge on any atom is -0.490 e. The molecule has 0 aromatic heterocycles. The lowest BCUT2D eigenvalue weighted by Crippen LogP contribution is -2.30. The van der Waals surface area contributed by atoms with Gasteiger partial charge in [-0.15, -0.1) is 0 Å². The molecule has 1 aromatic carbocycles. The summed E-state index contributed by atoms with van der Waals surface area (Å²) in [6.07, 6.45) is 4.99. The summed E-state index contributed by atoms with van der Waals surface area (Å²) in [5, 5.41) is 0. The van der Waals surface area contributed by atoms with Crippen molar-refractivity contribution in [3.05, 3.63) is 29.8 Å². The monoisotopic (exact) mass is 249 g/mol. The van der Waals surface area contributed by atoms with Crippen LogP contribution in [0.2, 0.25) is 0 Å². The predicted molar refractivity (Wildman–Crippen MR) is 72.7 cm³/mol. The van der Waals surface area contributed by atoms with Crippen molar-refractivity contribution >= 4 is 0 Å². The molecule has 2 N–H and O–H groups in total. The van der Waals surface area contributed by atoms with E-state index in [1.54, 1.807) is 7.11 Å². The summed E-state index contributed by atoms with van der Waals surface area (Å²) in [4.78, 5) is 0. The molecule has 0 bridgehead atoms. The fourth-order valence-electron chi connectivity index (χ4n) is 2.57. The van der Waals surface area contributed by atoms with Crippen molar-refractivity contribution in [3.8, 4) is 5.75 Å². The zero-order chi connectivity index (χ0) is 13.0. The second-order valence-electron chi connectivity index (χ2n) is 5.09. The van der Waals surface area contributed by atoms with Gasteiger partial charge in [-0.25, -0.2) is 0 Å². The Labute approximate surface area is 109 Å². The summed E-state index contributed by atoms with van der Waals surface area (Å²) >= 11 is 0. The van der Waals surface area contributed by atoms with Crippen molar-refractivity contribution in [2.45, 2.75) is 50.9 Å². The molecule has 1 aliphatic carbocycles. The number of methoxy groups -OCH3 is 1. The van der Waals surface area contributed by atoms with Gasteiger partial charge >= 0.3 is 0 Å². The molecule has 1 saturated carbocycles. The van der Waals surface area contributed by atoms with E-state index in [0.717, 1.165) is 30.6 Å². The molecule has 3 heteroatoms. The molecule has 1 aromatic rings. The van der Waals surface area contributed by atoms with E-state index < -0.39 is 0 Å². The first-order valence-electron chi connectivity index (χ1n) is 6.74. The molecule has 0 aliphatic heterocycles. The third-order valence-corrected chi connectivity index (χ3v) is 3.61. The molecule has 2 unspecified atom stereocenters. The Kier molecular flexibility index (Phi) is 4.61. The quantitative estimate of drug-likeness (QED) is 0.892. The van der Waals surface area contributed by atoms with Crippen LogP contribution in [0, 0.1) is 0 Å². The van der Waals surface area contributed by atoms with Crippen LogP contribution in [0.15, 0.2) is 24.3 Å². The first-order valence-corrected chi connectivity index (χ1v) is 6.74. The van der Waals surface area contributed by atoms with Gasteiger partial charge in [0.1, 0.15) is 11.9 Å². The first kappa shape index (κ1) is 13.4. The molecule has 0 radical (unpaired) electrons. The Morgan fingerprint density at radius 2 is 1.94 bits per heavy atom. The molecule has 0 saturated heterocycles. The van der Waals surface area contributed by atoms with E-state index in [9.17, 15) is 0 Å². The fourth-order valence-corrected chi connectivity index (χ4v) is 2.57. The van der Waals surface area contributed by atoms with Gasteiger partial charge in [0.15, 0.2) is 0 Å². The summed E-state index contributed by atoms with van der Waals surface area (Å²) in [5.41, 5.74) is 7.05. The van der Waals surface area contributed by atoms with E-state index in [1.165, 1.54) is 6.42 Å². The van der Waals surface area contributed by atoms with Gasteiger partial charge in [-0.05, 0) is 32.3 Å². The molecular weight excluding hydrogens is 226 g/mol. The highest BCUT2D eigenvalue weighted by Gasteiger charge is 2.23. The lowest BCUT2D eigenvalue weighted by molar-refractivity contribution is 0.0206. The summed E-state index contributed by atoms with van der Waals surface area (Å²) in [5.74, 6) is 0.925. The van der Waals surface area contributed by atoms with Gasteiger partial charge in [0.05, 0.1) is 6.10 Å². The van der Waals surface area contributed by atoms with Crippen LogP contribution in [0.5, 0.6) is 5.75 Å². The third-order valence-electron chi connectivity index (χ3n) is 3.61. The molecule has 1 aliphatic rings. The maximum absolute atomic E-state index is 6.12. The molecule has 3 nitrogen and oxygen atoms in total. The van der Waals surface area contributed by atoms with Crippen LogP contribution in [0.1, 0.15) is 44.2 Å². The molecular formula is C15H23NO2. The average molecular weight is 249 g/mol. The molecule has 18 heavy (non-hydrogen) atoms. The average Bonchev–Trinajstić information content (AvgIpc) is 2.39. The van der Waals surface area contributed by atoms with Crippen LogP contribution < -0.4 is 10.5 Å². The van der Waals surface area contributed by atoms with Gasteiger partial charge in [0.2, 0.25) is 0 Å². The molecule has 0 heterocycles. The second-order valence-corrected chi connectivity index (χ2v) is 5.09. The lowest BCUT2D eigenvalue weighted by atomic mass is 9.94. The van der Waals surface area contributed by atoms with Crippen LogP contribution in [0.4, 0.5) is 0 Å². The van der Waals surface area contributed by atoms with Crippen LogP contribution >= 0.6 is 0 Å². The number of rotatable bonds is 4. The standard InChI is InChI=1S/C15H23NO2/c1-11(16)14-8-3-4-9-15(14)18-13-7-5-6-12(10-13)17-2/h3-4,8-9,11-13H,5-7,10,16H2,1-2H3/t11-,12?,13?/m1/s1. The van der Waals surface area contributed by atoms with E-state index in [-0.39, 0.29) is 12.1 Å². The van der Waals surface area contributed by atoms with Crippen molar-refractivity contribution in [1.29, 1.82) is 0 Å². The van der Waals surface area contributed by atoms with Gasteiger partial charge in [0, 0.05) is 25.1 Å². The maximum Gasteiger partial charge on any atom is 0.124 e. The number of hydrogen-bond acceptors (Lipinski definition) is 3. The van der Waals surface area contributed by atoms with Crippen LogP contribution in [-0.4, -0.2) is 19.3 Å². The normalized spacial score (nSPS) is 25.7. The molecule has 2 rings (SSSR count). The van der Waals surface area contributed by atoms with E-state index >= 15 is 0 Å². The van der Waals surface area contributed by atoms with E-state index in [1.807, 2.05) is 31.2 Å². The Morgan fingerprint density at radius 3 is 2.67 bits per heavy atom. The third kappa shape index (κ3) is 3.24. The zero-order valence-electron chi connectivity index (χ0n) is 11.3. The number of hydrogen-bond donors (Lipinski definition) is 1. The van der Waals surface area contributed by atoms with Gasteiger partial charge in [0.25, 0.3) is 0 Å². The molecule has 0 spiro atoms. The van der Waals surface area contributed by atoms with Gasteiger partial charge in [-0.1, -0.05) is 18.2 Å². The highest BCUT2D eigenvalue weighted by atomic mass is 16.5. The summed E-state index contributed by atoms with van der Waals surface area (Å²) in [6, 6.07) is 8.05. The Hall–Kier alpha value is -1.06. The number of nitrogens with two attached hydrogens (primary N) is 1. The van der Waals surface area contributed by atoms with Crippen LogP contribution in [0.3, 0.4) is 0 Å². The zero-order valence-corrected chi connectivity index (χ0v) is 11.3. The SMILES string of the molecule is COC1CCCC(Oc2ccccc2[C@@H](C)N)C1. The lowest BCUT2D eigenvalue weighted by Gasteiger charge is -2.29. The van der Waals surface area contributed by atoms with Crippen molar-refractivity contribution in [1.82, 2.24) is 0 Å². The Morgan fingerprint density at radius 1 is 1.22 bits per heavy atom. The van der Waals surface area contributed by atoms with Crippen molar-refractivity contribution in [3.63, 3.8) is 0 Å². The minimum absolute atomic E-state index is 0.00279. The highest BCUT2D eigenvalue weighted by Crippen LogP contribution is 2.29. The predicted octanol–water partition coefficient (Wildman–Crippen LogP) is 3.04. The second kappa shape index (κ2) is 6.21. The van der Waals surface area contributed by atoms with E-state index in [2.05, 4.69) is 0 Å². The molecule has 100 valence electrons. The van der Waals surface area contributed by atoms with E-state index in [4.69, 9.17) is 15.2 Å². The van der Waals surface area contributed by atoms with Crippen molar-refractivity contribution in [2.75, 3.05) is 7.11 Å². The number of para-hydroxylation sites is 1. The van der Waals surface area contributed by atoms with Gasteiger partial charge in [-0.3, -0.25) is 0 Å². The number of benzene rings is 1. The Bertz CT molecular complexity index is 379. The van der Waals surface area contributed by atoms with Crippen molar-refractivity contribution < 1.29 is 9.47 Å². The number of ether oxygens (including phenoxy) is 2. The summed E-state index contributed by atoms with van der Waals surface area (Å²) in [6.45, 7) is 1.99. The van der Waals surface area contributed by atoms with Gasteiger partial charge < -0.3 is 15.2 Å². The summed E-state index contributed by atoms with van der Waals surface area (Å²) < 4.78 is 11.6. The molecule has 1 fully saturated rings. The smallest absolute Gasteiger partial charge is 0.124 e. The van der Waals surface area contributed by atoms with Crippen LogP contribution in [-0.2, 0) is 4.74 Å². The molecule has 3 atom stereocenters. The Balaban J connectivity index is 2.04. The largest absolute Gasteiger partial charge is 0.490 e. The first-order chi connectivity index (χ1) is 8.70. The van der Waals surface area contributed by atoms with E-state index in [0.29, 0.717) is 6.10 Å². The minimum atomic E-state index is 0.00279. The summed E-state index contributed by atoms with van der Waals surface area (Å²) in [7, 11) is 1.78.